The van der Waals surface area contributed by atoms with Crippen molar-refractivity contribution in [1.29, 1.82) is 0 Å². The molecule has 0 aromatic heterocycles. The molecular formula is C13H25NS. The van der Waals surface area contributed by atoms with Gasteiger partial charge < -0.3 is 5.32 Å². The number of fused-ring (bicyclic) bond motifs is 1. The molecule has 2 fully saturated rings. The van der Waals surface area contributed by atoms with Gasteiger partial charge in [-0.1, -0.05) is 19.8 Å². The quantitative estimate of drug-likeness (QED) is 0.775. The summed E-state index contributed by atoms with van der Waals surface area (Å²) in [6, 6.07) is 1.57. The van der Waals surface area contributed by atoms with E-state index >= 15 is 0 Å². The molecule has 1 aliphatic carbocycles. The van der Waals surface area contributed by atoms with E-state index in [2.05, 4.69) is 30.9 Å². The lowest BCUT2D eigenvalue weighted by atomic mass is 9.83. The third-order valence-corrected chi connectivity index (χ3v) is 5.40. The summed E-state index contributed by atoms with van der Waals surface area (Å²) in [5.74, 6) is 2.40. The first kappa shape index (κ1) is 11.8. The highest BCUT2D eigenvalue weighted by Gasteiger charge is 2.32. The van der Waals surface area contributed by atoms with Gasteiger partial charge >= 0.3 is 0 Å². The molecule has 2 heteroatoms. The van der Waals surface area contributed by atoms with Crippen LogP contribution in [0.15, 0.2) is 0 Å². The predicted octanol–water partition coefficient (Wildman–Crippen LogP) is 3.44. The molecule has 0 radical (unpaired) electrons. The van der Waals surface area contributed by atoms with Crippen LogP contribution in [-0.2, 0) is 0 Å². The second-order valence-electron chi connectivity index (χ2n) is 5.34. The molecule has 1 saturated carbocycles. The molecule has 2 rings (SSSR count). The van der Waals surface area contributed by atoms with Gasteiger partial charge in [-0.15, -0.1) is 0 Å². The topological polar surface area (TPSA) is 12.0 Å². The van der Waals surface area contributed by atoms with Gasteiger partial charge in [0.25, 0.3) is 0 Å². The maximum atomic E-state index is 3.82. The minimum atomic E-state index is 0.746. The molecule has 88 valence electrons. The molecule has 1 aliphatic heterocycles. The standard InChI is InChI=1S/C13H25NS/c1-3-4-11-5-6-12-13(9-11)15-8-7-10(2)14-12/h10-14H,3-9H2,1-2H3. The minimum Gasteiger partial charge on any atom is -0.310 e. The molecule has 4 unspecified atom stereocenters. The first-order valence-electron chi connectivity index (χ1n) is 6.67. The molecule has 0 aromatic rings. The highest BCUT2D eigenvalue weighted by molar-refractivity contribution is 7.99. The Kier molecular flexibility index (Phi) is 4.39. The number of hydrogen-bond donors (Lipinski definition) is 1. The summed E-state index contributed by atoms with van der Waals surface area (Å²) >= 11 is 2.24. The predicted molar refractivity (Wildman–Crippen MR) is 69.5 cm³/mol. The van der Waals surface area contributed by atoms with E-state index in [0.29, 0.717) is 0 Å². The van der Waals surface area contributed by atoms with Crippen LogP contribution in [0.4, 0.5) is 0 Å². The van der Waals surface area contributed by atoms with Crippen LogP contribution in [0, 0.1) is 5.92 Å². The summed E-state index contributed by atoms with van der Waals surface area (Å²) < 4.78 is 0. The third kappa shape index (κ3) is 3.13. The summed E-state index contributed by atoms with van der Waals surface area (Å²) in [5, 5.41) is 4.74. The summed E-state index contributed by atoms with van der Waals surface area (Å²) in [7, 11) is 0. The van der Waals surface area contributed by atoms with Crippen LogP contribution >= 0.6 is 11.8 Å². The lowest BCUT2D eigenvalue weighted by Crippen LogP contribution is -2.44. The second-order valence-corrected chi connectivity index (χ2v) is 6.69. The van der Waals surface area contributed by atoms with Gasteiger partial charge in [-0.05, 0) is 44.3 Å². The summed E-state index contributed by atoms with van der Waals surface area (Å²) in [4.78, 5) is 0. The van der Waals surface area contributed by atoms with Crippen LogP contribution in [0.2, 0.25) is 0 Å². The lowest BCUT2D eigenvalue weighted by Gasteiger charge is -2.35. The zero-order valence-corrected chi connectivity index (χ0v) is 11.0. The first-order chi connectivity index (χ1) is 7.29. The molecule has 4 atom stereocenters. The Bertz CT molecular complexity index is 195. The second kappa shape index (κ2) is 5.58. The molecule has 0 aromatic carbocycles. The van der Waals surface area contributed by atoms with Crippen molar-refractivity contribution < 1.29 is 0 Å². The smallest absolute Gasteiger partial charge is 0.0203 e. The van der Waals surface area contributed by atoms with Gasteiger partial charge in [0.1, 0.15) is 0 Å². The maximum Gasteiger partial charge on any atom is 0.0203 e. The van der Waals surface area contributed by atoms with Gasteiger partial charge in [0.05, 0.1) is 0 Å². The Labute approximate surface area is 98.8 Å². The van der Waals surface area contributed by atoms with Crippen molar-refractivity contribution in [2.45, 2.75) is 69.7 Å². The largest absolute Gasteiger partial charge is 0.310 e. The van der Waals surface area contributed by atoms with Crippen molar-refractivity contribution in [2.24, 2.45) is 5.92 Å². The average Bonchev–Trinajstić information content (AvgIpc) is 2.39. The monoisotopic (exact) mass is 227 g/mol. The van der Waals surface area contributed by atoms with E-state index in [9.17, 15) is 0 Å². The van der Waals surface area contributed by atoms with Crippen molar-refractivity contribution in [2.75, 3.05) is 5.75 Å². The van der Waals surface area contributed by atoms with Crippen LogP contribution in [0.1, 0.15) is 52.4 Å². The van der Waals surface area contributed by atoms with E-state index in [4.69, 9.17) is 0 Å². The highest BCUT2D eigenvalue weighted by atomic mass is 32.2. The number of hydrogen-bond acceptors (Lipinski definition) is 2. The van der Waals surface area contributed by atoms with Gasteiger partial charge in [0.15, 0.2) is 0 Å². The Balaban J connectivity index is 1.89. The Hall–Kier alpha value is 0.310. The summed E-state index contributed by atoms with van der Waals surface area (Å²) in [6.45, 7) is 4.67. The molecule has 0 bridgehead atoms. The van der Waals surface area contributed by atoms with Crippen molar-refractivity contribution >= 4 is 11.8 Å². The Morgan fingerprint density at radius 2 is 2.13 bits per heavy atom. The van der Waals surface area contributed by atoms with Crippen LogP contribution in [0.3, 0.4) is 0 Å². The van der Waals surface area contributed by atoms with E-state index < -0.39 is 0 Å². The third-order valence-electron chi connectivity index (χ3n) is 3.98. The summed E-state index contributed by atoms with van der Waals surface area (Å²) in [6.07, 6.45) is 8.55. The Morgan fingerprint density at radius 1 is 1.27 bits per heavy atom. The molecule has 0 spiro atoms. The number of nitrogens with one attached hydrogen (secondary N) is 1. The summed E-state index contributed by atoms with van der Waals surface area (Å²) in [5.41, 5.74) is 0. The molecule has 1 nitrogen and oxygen atoms in total. The van der Waals surface area contributed by atoms with Crippen molar-refractivity contribution in [1.82, 2.24) is 5.32 Å². The van der Waals surface area contributed by atoms with Gasteiger partial charge in [-0.25, -0.2) is 0 Å². The fraction of sp³-hybridized carbons (Fsp3) is 1.00. The molecule has 0 amide bonds. The fourth-order valence-corrected chi connectivity index (χ4v) is 4.75. The van der Waals surface area contributed by atoms with E-state index in [1.54, 1.807) is 0 Å². The molecule has 1 saturated heterocycles. The Morgan fingerprint density at radius 3 is 2.93 bits per heavy atom. The van der Waals surface area contributed by atoms with E-state index in [-0.39, 0.29) is 0 Å². The minimum absolute atomic E-state index is 0.746. The first-order valence-corrected chi connectivity index (χ1v) is 7.72. The molecule has 1 heterocycles. The molecular weight excluding hydrogens is 202 g/mol. The SMILES string of the molecule is CCCC1CCC2NC(C)CCSC2C1. The van der Waals surface area contributed by atoms with Gasteiger partial charge in [-0.2, -0.15) is 11.8 Å². The zero-order valence-electron chi connectivity index (χ0n) is 10.2. The van der Waals surface area contributed by atoms with Crippen LogP contribution < -0.4 is 5.32 Å². The molecule has 1 N–H and O–H groups in total. The fourth-order valence-electron chi connectivity index (χ4n) is 3.10. The van der Waals surface area contributed by atoms with Crippen LogP contribution in [0.25, 0.3) is 0 Å². The number of rotatable bonds is 2. The lowest BCUT2D eigenvalue weighted by molar-refractivity contribution is 0.277. The highest BCUT2D eigenvalue weighted by Crippen LogP contribution is 2.36. The van der Waals surface area contributed by atoms with E-state index in [1.807, 2.05) is 0 Å². The zero-order chi connectivity index (χ0) is 10.7. The molecule has 2 aliphatic rings. The van der Waals surface area contributed by atoms with Crippen LogP contribution in [0.5, 0.6) is 0 Å². The van der Waals surface area contributed by atoms with Crippen molar-refractivity contribution in [3.8, 4) is 0 Å². The van der Waals surface area contributed by atoms with Crippen molar-refractivity contribution in [3.05, 3.63) is 0 Å². The average molecular weight is 227 g/mol. The van der Waals surface area contributed by atoms with E-state index in [1.165, 1.54) is 44.3 Å². The van der Waals surface area contributed by atoms with Crippen molar-refractivity contribution in [3.63, 3.8) is 0 Å². The number of thioether (sulfide) groups is 1. The molecule has 15 heavy (non-hydrogen) atoms. The van der Waals surface area contributed by atoms with Gasteiger partial charge in [0, 0.05) is 17.3 Å². The van der Waals surface area contributed by atoms with E-state index in [0.717, 1.165) is 23.3 Å². The van der Waals surface area contributed by atoms with Gasteiger partial charge in [-0.3, -0.25) is 0 Å². The van der Waals surface area contributed by atoms with Crippen LogP contribution in [-0.4, -0.2) is 23.1 Å². The van der Waals surface area contributed by atoms with Gasteiger partial charge in [0.2, 0.25) is 0 Å². The maximum absolute atomic E-state index is 3.82. The normalized spacial score (nSPS) is 42.0.